The lowest BCUT2D eigenvalue weighted by atomic mass is 10.2. The number of hydrogen-bond donors (Lipinski definition) is 1. The third kappa shape index (κ3) is 1.89. The van der Waals surface area contributed by atoms with Crippen molar-refractivity contribution < 1.29 is 14.0 Å². The van der Waals surface area contributed by atoms with E-state index in [9.17, 15) is 5.21 Å². The fraction of sp³-hybridized carbons (Fsp3) is 0. The topological polar surface area (TPSA) is 58.9 Å². The van der Waals surface area contributed by atoms with E-state index in [4.69, 9.17) is 8.83 Å². The smallest absolute Gasteiger partial charge is 0.187 e. The van der Waals surface area contributed by atoms with Gasteiger partial charge >= 0.3 is 0 Å². The molecule has 4 nitrogen and oxygen atoms in total. The first-order valence-electron chi connectivity index (χ1n) is 6.55. The van der Waals surface area contributed by atoms with Crippen LogP contribution in [0.3, 0.4) is 0 Å². The van der Waals surface area contributed by atoms with E-state index in [0.29, 0.717) is 11.5 Å². The number of nitrogens with zero attached hydrogens (tertiary/aromatic N) is 1. The summed E-state index contributed by atoms with van der Waals surface area (Å²) in [5.41, 5.74) is 1.76. The Morgan fingerprint density at radius 2 is 1.24 bits per heavy atom. The number of oxime groups is 1. The van der Waals surface area contributed by atoms with Crippen LogP contribution in [-0.4, -0.2) is 10.9 Å². The third-order valence-electron chi connectivity index (χ3n) is 3.42. The Balaban J connectivity index is 1.87. The van der Waals surface area contributed by atoms with Crippen LogP contribution in [0.1, 0.15) is 11.5 Å². The Kier molecular flexibility index (Phi) is 2.54. The minimum atomic E-state index is 0.280. The second-order valence-corrected chi connectivity index (χ2v) is 4.75. The molecule has 0 saturated carbocycles. The lowest BCUT2D eigenvalue weighted by molar-refractivity contribution is 0.317. The fourth-order valence-electron chi connectivity index (χ4n) is 2.42. The maximum atomic E-state index is 9.35. The molecule has 1 N–H and O–H groups in total. The molecule has 0 saturated heterocycles. The zero-order chi connectivity index (χ0) is 14.2. The van der Waals surface area contributed by atoms with Crippen LogP contribution in [-0.2, 0) is 0 Å². The Labute approximate surface area is 119 Å². The molecule has 4 aromatic rings. The molecule has 4 rings (SSSR count). The molecule has 0 spiro atoms. The molecule has 0 aliphatic rings. The van der Waals surface area contributed by atoms with E-state index in [1.54, 1.807) is 0 Å². The van der Waals surface area contributed by atoms with Gasteiger partial charge < -0.3 is 14.0 Å². The van der Waals surface area contributed by atoms with Crippen molar-refractivity contribution in [2.45, 2.75) is 0 Å². The standard InChI is InChI=1S/C17H11NO3/c19-18-17(15-9-11-5-1-3-7-13(11)20-15)16-10-12-6-2-4-8-14(12)21-16/h1-10,19H. The molecule has 2 heterocycles. The Bertz CT molecular complexity index is 820. The van der Waals surface area contributed by atoms with Gasteiger partial charge in [0.2, 0.25) is 0 Å². The van der Waals surface area contributed by atoms with E-state index in [-0.39, 0.29) is 5.71 Å². The highest BCUT2D eigenvalue weighted by Crippen LogP contribution is 2.25. The molecule has 0 fully saturated rings. The quantitative estimate of drug-likeness (QED) is 0.335. The van der Waals surface area contributed by atoms with E-state index in [1.165, 1.54) is 0 Å². The normalized spacial score (nSPS) is 11.0. The van der Waals surface area contributed by atoms with Gasteiger partial charge in [-0.15, -0.1) is 0 Å². The van der Waals surface area contributed by atoms with Gasteiger partial charge in [-0.2, -0.15) is 0 Å². The molecule has 4 heteroatoms. The van der Waals surface area contributed by atoms with Gasteiger partial charge in [0, 0.05) is 10.8 Å². The van der Waals surface area contributed by atoms with E-state index in [0.717, 1.165) is 21.9 Å². The molecule has 102 valence electrons. The predicted octanol–water partition coefficient (Wildman–Crippen LogP) is 4.41. The van der Waals surface area contributed by atoms with Gasteiger partial charge in [-0.3, -0.25) is 0 Å². The molecule has 0 radical (unpaired) electrons. The van der Waals surface area contributed by atoms with Crippen LogP contribution in [0.15, 0.2) is 74.7 Å². The van der Waals surface area contributed by atoms with Gasteiger partial charge in [0.15, 0.2) is 17.2 Å². The molecule has 0 atom stereocenters. The van der Waals surface area contributed by atoms with Crippen molar-refractivity contribution in [2.24, 2.45) is 5.16 Å². The van der Waals surface area contributed by atoms with Gasteiger partial charge in [-0.25, -0.2) is 0 Å². The number of fused-ring (bicyclic) bond motifs is 2. The molecule has 0 bridgehead atoms. The zero-order valence-corrected chi connectivity index (χ0v) is 11.0. The van der Waals surface area contributed by atoms with Crippen LogP contribution in [0.25, 0.3) is 21.9 Å². The minimum absolute atomic E-state index is 0.280. The summed E-state index contributed by atoms with van der Waals surface area (Å²) < 4.78 is 11.4. The van der Waals surface area contributed by atoms with E-state index in [1.807, 2.05) is 60.7 Å². The highest BCUT2D eigenvalue weighted by atomic mass is 16.4. The lowest BCUT2D eigenvalue weighted by Gasteiger charge is -1.95. The Morgan fingerprint density at radius 3 is 1.67 bits per heavy atom. The predicted molar refractivity (Wildman–Crippen MR) is 79.9 cm³/mol. The van der Waals surface area contributed by atoms with Crippen molar-refractivity contribution in [1.29, 1.82) is 0 Å². The third-order valence-corrected chi connectivity index (χ3v) is 3.42. The van der Waals surface area contributed by atoms with Crippen molar-refractivity contribution in [3.05, 3.63) is 72.2 Å². The van der Waals surface area contributed by atoms with Gasteiger partial charge in [0.25, 0.3) is 0 Å². The maximum Gasteiger partial charge on any atom is 0.187 e. The molecule has 0 aliphatic heterocycles. The van der Waals surface area contributed by atoms with Crippen molar-refractivity contribution in [3.63, 3.8) is 0 Å². The number of benzene rings is 2. The molecule has 0 aliphatic carbocycles. The first kappa shape index (κ1) is 11.8. The Hall–Kier alpha value is -3.01. The number of rotatable bonds is 2. The summed E-state index contributed by atoms with van der Waals surface area (Å²) in [4.78, 5) is 0. The SMILES string of the molecule is ON=C(c1cc2ccccc2o1)c1cc2ccccc2o1. The first-order chi connectivity index (χ1) is 10.3. The highest BCUT2D eigenvalue weighted by molar-refractivity contribution is 6.12. The highest BCUT2D eigenvalue weighted by Gasteiger charge is 2.17. The van der Waals surface area contributed by atoms with Gasteiger partial charge in [0.1, 0.15) is 11.2 Å². The summed E-state index contributed by atoms with van der Waals surface area (Å²) in [6.45, 7) is 0. The van der Waals surface area contributed by atoms with E-state index in [2.05, 4.69) is 5.16 Å². The molecule has 0 amide bonds. The van der Waals surface area contributed by atoms with Crippen LogP contribution >= 0.6 is 0 Å². The minimum Gasteiger partial charge on any atom is -0.454 e. The van der Waals surface area contributed by atoms with Crippen molar-refractivity contribution >= 4 is 27.7 Å². The van der Waals surface area contributed by atoms with Crippen molar-refractivity contribution in [2.75, 3.05) is 0 Å². The molecule has 2 aromatic carbocycles. The van der Waals surface area contributed by atoms with Crippen molar-refractivity contribution in [3.8, 4) is 0 Å². The largest absolute Gasteiger partial charge is 0.454 e. The second-order valence-electron chi connectivity index (χ2n) is 4.75. The second kappa shape index (κ2) is 4.52. The van der Waals surface area contributed by atoms with Crippen LogP contribution in [0, 0.1) is 0 Å². The van der Waals surface area contributed by atoms with Gasteiger partial charge in [0.05, 0.1) is 0 Å². The summed E-state index contributed by atoms with van der Waals surface area (Å²) in [6, 6.07) is 18.9. The summed E-state index contributed by atoms with van der Waals surface area (Å²) in [5, 5.41) is 14.6. The molecular weight excluding hydrogens is 266 g/mol. The maximum absolute atomic E-state index is 9.35. The summed E-state index contributed by atoms with van der Waals surface area (Å²) in [5.74, 6) is 0.940. The molecular formula is C17H11NO3. The van der Waals surface area contributed by atoms with Gasteiger partial charge in [-0.1, -0.05) is 41.6 Å². The average molecular weight is 277 g/mol. The fourth-order valence-corrected chi connectivity index (χ4v) is 2.42. The van der Waals surface area contributed by atoms with Crippen LogP contribution in [0.5, 0.6) is 0 Å². The molecule has 2 aromatic heterocycles. The van der Waals surface area contributed by atoms with Crippen LogP contribution in [0.2, 0.25) is 0 Å². The van der Waals surface area contributed by atoms with E-state index < -0.39 is 0 Å². The molecule has 21 heavy (non-hydrogen) atoms. The summed E-state index contributed by atoms with van der Waals surface area (Å²) in [6.07, 6.45) is 0. The van der Waals surface area contributed by atoms with Gasteiger partial charge in [-0.05, 0) is 24.3 Å². The average Bonchev–Trinajstić information content (AvgIpc) is 3.11. The van der Waals surface area contributed by atoms with Crippen LogP contribution in [0.4, 0.5) is 0 Å². The number of para-hydroxylation sites is 2. The summed E-state index contributed by atoms with van der Waals surface area (Å²) >= 11 is 0. The first-order valence-corrected chi connectivity index (χ1v) is 6.55. The number of hydrogen-bond acceptors (Lipinski definition) is 4. The summed E-state index contributed by atoms with van der Waals surface area (Å²) in [7, 11) is 0. The lowest BCUT2D eigenvalue weighted by Crippen LogP contribution is -1.99. The number of furan rings is 2. The van der Waals surface area contributed by atoms with E-state index >= 15 is 0 Å². The Morgan fingerprint density at radius 1 is 0.762 bits per heavy atom. The van der Waals surface area contributed by atoms with Crippen LogP contribution < -0.4 is 0 Å². The molecule has 0 unspecified atom stereocenters. The monoisotopic (exact) mass is 277 g/mol. The zero-order valence-electron chi connectivity index (χ0n) is 11.0. The van der Waals surface area contributed by atoms with Crippen molar-refractivity contribution in [1.82, 2.24) is 0 Å².